The molecule has 2 amide bonds. The minimum Gasteiger partial charge on any atom is -0.351 e. The van der Waals surface area contributed by atoms with Gasteiger partial charge < -0.3 is 16.5 Å². The van der Waals surface area contributed by atoms with Crippen LogP contribution in [0.15, 0.2) is 22.9 Å². The van der Waals surface area contributed by atoms with Gasteiger partial charge in [-0.2, -0.15) is 0 Å². The van der Waals surface area contributed by atoms with Crippen LogP contribution in [0.1, 0.15) is 13.8 Å². The van der Waals surface area contributed by atoms with Crippen LogP contribution >= 0.6 is 0 Å². The van der Waals surface area contributed by atoms with E-state index in [1.807, 2.05) is 0 Å². The van der Waals surface area contributed by atoms with Gasteiger partial charge in [-0.1, -0.05) is 0 Å². The van der Waals surface area contributed by atoms with Crippen molar-refractivity contribution in [2.75, 3.05) is 0 Å². The summed E-state index contributed by atoms with van der Waals surface area (Å²) >= 11 is 0. The van der Waals surface area contributed by atoms with E-state index in [1.54, 1.807) is 13.8 Å². The standard InChI is InChI=1S/C9H11N3O2/c1-4-3-6(10)5(2)7(8(4)13)12-9(11)14/h3,10H,1-2H3,(H3,11,12,14). The highest BCUT2D eigenvalue weighted by Gasteiger charge is 2.22. The number of urea groups is 1. The topological polar surface area (TPSA) is 96.0 Å². The fourth-order valence-corrected chi connectivity index (χ4v) is 1.17. The van der Waals surface area contributed by atoms with Crippen LogP contribution in [-0.4, -0.2) is 17.5 Å². The summed E-state index contributed by atoms with van der Waals surface area (Å²) in [5.74, 6) is -0.294. The van der Waals surface area contributed by atoms with Crippen molar-refractivity contribution in [2.45, 2.75) is 13.8 Å². The monoisotopic (exact) mass is 193 g/mol. The zero-order valence-corrected chi connectivity index (χ0v) is 7.97. The van der Waals surface area contributed by atoms with E-state index in [2.05, 4.69) is 5.32 Å². The first kappa shape index (κ1) is 10.2. The van der Waals surface area contributed by atoms with Gasteiger partial charge in [0.05, 0.1) is 11.4 Å². The summed E-state index contributed by atoms with van der Waals surface area (Å²) in [6.45, 7) is 3.18. The maximum absolute atomic E-state index is 11.5. The Bertz CT molecular complexity index is 391. The van der Waals surface area contributed by atoms with Crippen molar-refractivity contribution in [1.82, 2.24) is 5.32 Å². The average Bonchev–Trinajstić information content (AvgIpc) is 2.09. The molecule has 5 heteroatoms. The summed E-state index contributed by atoms with van der Waals surface area (Å²) < 4.78 is 0. The summed E-state index contributed by atoms with van der Waals surface area (Å²) in [5, 5.41) is 9.74. The first-order valence-corrected chi connectivity index (χ1v) is 4.02. The van der Waals surface area contributed by atoms with Crippen molar-refractivity contribution < 1.29 is 9.59 Å². The van der Waals surface area contributed by atoms with Crippen LogP contribution in [0.25, 0.3) is 0 Å². The maximum atomic E-state index is 11.5. The molecule has 0 aromatic carbocycles. The number of allylic oxidation sites excluding steroid dienone is 3. The Kier molecular flexibility index (Phi) is 2.51. The molecule has 0 unspecified atom stereocenters. The lowest BCUT2D eigenvalue weighted by Crippen LogP contribution is -2.35. The predicted octanol–water partition coefficient (Wildman–Crippen LogP) is 0.477. The molecular weight excluding hydrogens is 182 g/mol. The number of rotatable bonds is 1. The van der Waals surface area contributed by atoms with E-state index in [-0.39, 0.29) is 17.2 Å². The first-order chi connectivity index (χ1) is 6.43. The Morgan fingerprint density at radius 2 is 2.07 bits per heavy atom. The highest BCUT2D eigenvalue weighted by atomic mass is 16.2. The number of primary amides is 1. The molecule has 0 spiro atoms. The van der Waals surface area contributed by atoms with Gasteiger partial charge in [-0.15, -0.1) is 0 Å². The number of amides is 2. The maximum Gasteiger partial charge on any atom is 0.316 e. The second kappa shape index (κ2) is 3.45. The lowest BCUT2D eigenvalue weighted by molar-refractivity contribution is -0.112. The largest absolute Gasteiger partial charge is 0.351 e. The molecule has 5 nitrogen and oxygen atoms in total. The molecule has 0 atom stereocenters. The summed E-state index contributed by atoms with van der Waals surface area (Å²) in [6, 6.07) is -0.796. The van der Waals surface area contributed by atoms with E-state index in [0.717, 1.165) is 0 Å². The van der Waals surface area contributed by atoms with Crippen molar-refractivity contribution in [1.29, 1.82) is 5.41 Å². The van der Waals surface area contributed by atoms with Crippen LogP contribution in [0.5, 0.6) is 0 Å². The third kappa shape index (κ3) is 1.71. The molecule has 1 rings (SSSR count). The van der Waals surface area contributed by atoms with Crippen molar-refractivity contribution in [3.8, 4) is 0 Å². The molecule has 0 fully saturated rings. The van der Waals surface area contributed by atoms with Gasteiger partial charge >= 0.3 is 6.03 Å². The van der Waals surface area contributed by atoms with E-state index in [1.165, 1.54) is 6.08 Å². The third-order valence-corrected chi connectivity index (χ3v) is 1.97. The van der Waals surface area contributed by atoms with Crippen LogP contribution in [-0.2, 0) is 4.79 Å². The summed E-state index contributed by atoms with van der Waals surface area (Å²) in [5.41, 5.74) is 6.08. The van der Waals surface area contributed by atoms with Crippen LogP contribution in [0.4, 0.5) is 4.79 Å². The molecule has 0 aromatic rings. The van der Waals surface area contributed by atoms with Crippen molar-refractivity contribution in [3.63, 3.8) is 0 Å². The Morgan fingerprint density at radius 1 is 1.50 bits per heavy atom. The molecular formula is C9H11N3O2. The molecule has 0 heterocycles. The number of nitrogens with one attached hydrogen (secondary N) is 2. The van der Waals surface area contributed by atoms with Crippen molar-refractivity contribution in [3.05, 3.63) is 22.9 Å². The number of Topliss-reactive ketones (excluding diaryl/α,β-unsaturated/α-hetero) is 1. The fraction of sp³-hybridized carbons (Fsp3) is 0.222. The zero-order chi connectivity index (χ0) is 10.9. The molecule has 0 aliphatic heterocycles. The molecule has 4 N–H and O–H groups in total. The normalized spacial score (nSPS) is 16.9. The van der Waals surface area contributed by atoms with Gasteiger partial charge in [0.15, 0.2) is 0 Å². The molecule has 0 saturated heterocycles. The highest BCUT2D eigenvalue weighted by Crippen LogP contribution is 2.16. The molecule has 0 saturated carbocycles. The number of hydrogen-bond donors (Lipinski definition) is 3. The third-order valence-electron chi connectivity index (χ3n) is 1.97. The van der Waals surface area contributed by atoms with Gasteiger partial charge in [-0.05, 0) is 19.9 Å². The van der Waals surface area contributed by atoms with E-state index in [4.69, 9.17) is 11.1 Å². The molecule has 0 radical (unpaired) electrons. The Hall–Kier alpha value is -1.91. The van der Waals surface area contributed by atoms with Gasteiger partial charge in [-0.3, -0.25) is 4.79 Å². The summed E-state index contributed by atoms with van der Waals surface area (Å²) in [6.07, 6.45) is 1.46. The van der Waals surface area contributed by atoms with E-state index in [0.29, 0.717) is 11.1 Å². The smallest absolute Gasteiger partial charge is 0.316 e. The quantitative estimate of drug-likeness (QED) is 0.528. The SMILES string of the molecule is CC1=CC(=N)C(C)=C(NC(N)=O)C1=O. The molecule has 0 bridgehead atoms. The fourth-order valence-electron chi connectivity index (χ4n) is 1.17. The number of nitrogens with two attached hydrogens (primary N) is 1. The van der Waals surface area contributed by atoms with Gasteiger partial charge in [-0.25, -0.2) is 4.79 Å². The molecule has 1 aliphatic carbocycles. The molecule has 74 valence electrons. The van der Waals surface area contributed by atoms with Crippen LogP contribution < -0.4 is 11.1 Å². The van der Waals surface area contributed by atoms with Crippen LogP contribution in [0, 0.1) is 5.41 Å². The summed E-state index contributed by atoms with van der Waals surface area (Å²) in [4.78, 5) is 22.1. The number of hydrogen-bond acceptors (Lipinski definition) is 3. The van der Waals surface area contributed by atoms with Crippen LogP contribution in [0.2, 0.25) is 0 Å². The number of carbonyl (C=O) groups excluding carboxylic acids is 2. The summed E-state index contributed by atoms with van der Waals surface area (Å²) in [7, 11) is 0. The molecule has 14 heavy (non-hydrogen) atoms. The lowest BCUT2D eigenvalue weighted by atomic mass is 9.95. The lowest BCUT2D eigenvalue weighted by Gasteiger charge is -2.15. The second-order valence-electron chi connectivity index (χ2n) is 3.06. The second-order valence-corrected chi connectivity index (χ2v) is 3.06. The number of carbonyl (C=O) groups is 2. The van der Waals surface area contributed by atoms with Crippen LogP contribution in [0.3, 0.4) is 0 Å². The minimum absolute atomic E-state index is 0.0995. The Labute approximate surface area is 81.2 Å². The number of ketones is 1. The van der Waals surface area contributed by atoms with Gasteiger partial charge in [0.1, 0.15) is 0 Å². The van der Waals surface area contributed by atoms with Crippen molar-refractivity contribution in [2.24, 2.45) is 5.73 Å². The average molecular weight is 193 g/mol. The van der Waals surface area contributed by atoms with Gasteiger partial charge in [0.25, 0.3) is 0 Å². The molecule has 1 aliphatic rings. The highest BCUT2D eigenvalue weighted by molar-refractivity contribution is 6.23. The van der Waals surface area contributed by atoms with Gasteiger partial charge in [0.2, 0.25) is 5.78 Å². The minimum atomic E-state index is -0.796. The van der Waals surface area contributed by atoms with E-state index >= 15 is 0 Å². The Balaban J connectivity index is 3.12. The van der Waals surface area contributed by atoms with Crippen molar-refractivity contribution >= 4 is 17.5 Å². The predicted molar refractivity (Wildman–Crippen MR) is 51.9 cm³/mol. The molecule has 0 aromatic heterocycles. The van der Waals surface area contributed by atoms with E-state index in [9.17, 15) is 9.59 Å². The Morgan fingerprint density at radius 3 is 2.57 bits per heavy atom. The first-order valence-electron chi connectivity index (χ1n) is 4.02. The zero-order valence-electron chi connectivity index (χ0n) is 7.97. The van der Waals surface area contributed by atoms with E-state index < -0.39 is 6.03 Å². The van der Waals surface area contributed by atoms with Gasteiger partial charge in [0, 0.05) is 11.1 Å².